The van der Waals surface area contributed by atoms with Gasteiger partial charge < -0.3 is 5.32 Å². The number of aryl methyl sites for hydroxylation is 1. The molecule has 1 saturated heterocycles. The molecule has 152 valence electrons. The Labute approximate surface area is 164 Å². The number of likely N-dealkylation sites (tertiary alicyclic amines) is 1. The van der Waals surface area contributed by atoms with E-state index in [-0.39, 0.29) is 5.91 Å². The average Bonchev–Trinajstić information content (AvgIpc) is 2.92. The molecule has 0 saturated carbocycles. The van der Waals surface area contributed by atoms with Gasteiger partial charge in [-0.15, -0.1) is 0 Å². The van der Waals surface area contributed by atoms with Gasteiger partial charge in [0.15, 0.2) is 0 Å². The van der Waals surface area contributed by atoms with Gasteiger partial charge in [-0.3, -0.25) is 19.3 Å². The molecule has 27 heavy (non-hydrogen) atoms. The first-order chi connectivity index (χ1) is 13.0. The highest BCUT2D eigenvalue weighted by Gasteiger charge is 2.23. The van der Waals surface area contributed by atoms with E-state index in [0.29, 0.717) is 25.0 Å². The van der Waals surface area contributed by atoms with Crippen LogP contribution < -0.4 is 5.32 Å². The van der Waals surface area contributed by atoms with Crippen molar-refractivity contribution in [1.82, 2.24) is 24.9 Å². The van der Waals surface area contributed by atoms with Crippen molar-refractivity contribution in [1.29, 1.82) is 0 Å². The Kier molecular flexibility index (Phi) is 7.30. The van der Waals surface area contributed by atoms with E-state index in [2.05, 4.69) is 46.6 Å². The molecule has 0 radical (unpaired) electrons. The Morgan fingerprint density at radius 2 is 2.11 bits per heavy atom. The molecule has 1 aromatic heterocycles. The van der Waals surface area contributed by atoms with Gasteiger partial charge in [-0.25, -0.2) is 0 Å². The number of rotatable bonds is 7. The molecule has 1 N–H and O–H groups in total. The molecule has 3 heterocycles. The third kappa shape index (κ3) is 5.79. The number of amides is 1. The highest BCUT2D eigenvalue weighted by molar-refractivity contribution is 5.78. The fourth-order valence-corrected chi connectivity index (χ4v) is 4.51. The maximum absolute atomic E-state index is 12.4. The van der Waals surface area contributed by atoms with Crippen molar-refractivity contribution in [2.45, 2.75) is 78.6 Å². The molecule has 3 rings (SSSR count). The van der Waals surface area contributed by atoms with E-state index >= 15 is 0 Å². The van der Waals surface area contributed by atoms with Gasteiger partial charge in [0.1, 0.15) is 0 Å². The van der Waals surface area contributed by atoms with Crippen LogP contribution in [0.4, 0.5) is 0 Å². The van der Waals surface area contributed by atoms with Crippen molar-refractivity contribution in [2.75, 3.05) is 26.2 Å². The Morgan fingerprint density at radius 3 is 2.89 bits per heavy atom. The van der Waals surface area contributed by atoms with E-state index in [0.717, 1.165) is 51.3 Å². The average molecular weight is 376 g/mol. The third-order valence-electron chi connectivity index (χ3n) is 5.80. The second-order valence-electron chi connectivity index (χ2n) is 8.64. The Bertz CT molecular complexity index is 612. The number of aromatic nitrogens is 2. The minimum Gasteiger partial charge on any atom is -0.349 e. The Balaban J connectivity index is 1.51. The van der Waals surface area contributed by atoms with Gasteiger partial charge in [0, 0.05) is 32.2 Å². The number of piperidine rings is 1. The standard InChI is InChI=1S/C21H37N5O/c1-4-19-8-5-6-10-25(19)16-21(27)22-13-18-12-20-15-24(14-17(2)3)9-7-11-26(20)23-18/h12,17,19H,4-11,13-16H2,1-3H3,(H,22,27)/t19-/m1/s1. The number of nitrogens with zero attached hydrogens (tertiary/aromatic N) is 4. The quantitative estimate of drug-likeness (QED) is 0.796. The summed E-state index contributed by atoms with van der Waals surface area (Å²) >= 11 is 0. The smallest absolute Gasteiger partial charge is 0.234 e. The summed E-state index contributed by atoms with van der Waals surface area (Å²) in [4.78, 5) is 17.3. The summed E-state index contributed by atoms with van der Waals surface area (Å²) in [5.74, 6) is 0.806. The molecule has 1 aromatic rings. The number of carbonyl (C=O) groups excluding carboxylic acids is 1. The fraction of sp³-hybridized carbons (Fsp3) is 0.810. The molecular weight excluding hydrogens is 338 g/mol. The first kappa shape index (κ1) is 20.3. The number of hydrogen-bond acceptors (Lipinski definition) is 4. The minimum atomic E-state index is 0.125. The van der Waals surface area contributed by atoms with Crippen molar-refractivity contribution >= 4 is 5.91 Å². The van der Waals surface area contributed by atoms with Gasteiger partial charge in [-0.1, -0.05) is 27.2 Å². The molecule has 0 aliphatic carbocycles. The molecule has 1 fully saturated rings. The minimum absolute atomic E-state index is 0.125. The highest BCUT2D eigenvalue weighted by atomic mass is 16.2. The van der Waals surface area contributed by atoms with E-state index < -0.39 is 0 Å². The van der Waals surface area contributed by atoms with Crippen LogP contribution in [-0.2, 0) is 24.4 Å². The highest BCUT2D eigenvalue weighted by Crippen LogP contribution is 2.19. The molecule has 0 bridgehead atoms. The van der Waals surface area contributed by atoms with Crippen molar-refractivity contribution in [3.63, 3.8) is 0 Å². The predicted octanol–water partition coefficient (Wildman–Crippen LogP) is 2.63. The summed E-state index contributed by atoms with van der Waals surface area (Å²) in [6, 6.07) is 2.74. The van der Waals surface area contributed by atoms with Gasteiger partial charge in [-0.05, 0) is 44.2 Å². The molecular formula is C21H37N5O. The molecule has 6 nitrogen and oxygen atoms in total. The number of nitrogens with one attached hydrogen (secondary N) is 1. The maximum atomic E-state index is 12.4. The van der Waals surface area contributed by atoms with Gasteiger partial charge in [0.25, 0.3) is 0 Å². The lowest BCUT2D eigenvalue weighted by Crippen LogP contribution is -2.45. The van der Waals surface area contributed by atoms with Gasteiger partial charge in [0.05, 0.1) is 24.5 Å². The third-order valence-corrected chi connectivity index (χ3v) is 5.80. The van der Waals surface area contributed by atoms with Crippen molar-refractivity contribution in [2.24, 2.45) is 5.92 Å². The van der Waals surface area contributed by atoms with Gasteiger partial charge in [-0.2, -0.15) is 5.10 Å². The van der Waals surface area contributed by atoms with Gasteiger partial charge in [0.2, 0.25) is 5.91 Å². The van der Waals surface area contributed by atoms with Crippen LogP contribution in [0, 0.1) is 5.92 Å². The van der Waals surface area contributed by atoms with E-state index in [9.17, 15) is 4.79 Å². The lowest BCUT2D eigenvalue weighted by Gasteiger charge is -2.34. The maximum Gasteiger partial charge on any atom is 0.234 e. The normalized spacial score (nSPS) is 21.9. The second-order valence-corrected chi connectivity index (χ2v) is 8.64. The van der Waals surface area contributed by atoms with Gasteiger partial charge >= 0.3 is 0 Å². The number of carbonyl (C=O) groups is 1. The van der Waals surface area contributed by atoms with Crippen LogP contribution in [0.5, 0.6) is 0 Å². The zero-order chi connectivity index (χ0) is 19.2. The van der Waals surface area contributed by atoms with Crippen LogP contribution in [0.25, 0.3) is 0 Å². The van der Waals surface area contributed by atoms with Crippen molar-refractivity contribution < 1.29 is 4.79 Å². The first-order valence-electron chi connectivity index (χ1n) is 10.8. The van der Waals surface area contributed by atoms with Crippen molar-refractivity contribution in [3.05, 3.63) is 17.5 Å². The summed E-state index contributed by atoms with van der Waals surface area (Å²) < 4.78 is 2.14. The Hall–Kier alpha value is -1.40. The Morgan fingerprint density at radius 1 is 1.26 bits per heavy atom. The zero-order valence-electron chi connectivity index (χ0n) is 17.4. The molecule has 6 heteroatoms. The van der Waals surface area contributed by atoms with Crippen LogP contribution in [0.15, 0.2) is 6.07 Å². The molecule has 2 aliphatic rings. The molecule has 2 aliphatic heterocycles. The second kappa shape index (κ2) is 9.69. The molecule has 1 amide bonds. The van der Waals surface area contributed by atoms with Crippen LogP contribution in [-0.4, -0.2) is 57.7 Å². The van der Waals surface area contributed by atoms with Crippen molar-refractivity contribution in [3.8, 4) is 0 Å². The summed E-state index contributed by atoms with van der Waals surface area (Å²) in [6.45, 7) is 13.1. The lowest BCUT2D eigenvalue weighted by molar-refractivity contribution is -0.123. The van der Waals surface area contributed by atoms with E-state index in [4.69, 9.17) is 5.10 Å². The monoisotopic (exact) mass is 375 g/mol. The number of hydrogen-bond donors (Lipinski definition) is 1. The molecule has 0 spiro atoms. The largest absolute Gasteiger partial charge is 0.349 e. The van der Waals surface area contributed by atoms with Crippen LogP contribution >= 0.6 is 0 Å². The summed E-state index contributed by atoms with van der Waals surface area (Å²) in [7, 11) is 0. The van der Waals surface area contributed by atoms with Crippen LogP contribution in [0.1, 0.15) is 64.3 Å². The number of fused-ring (bicyclic) bond motifs is 1. The van der Waals surface area contributed by atoms with Crippen LogP contribution in [0.2, 0.25) is 0 Å². The molecule has 0 unspecified atom stereocenters. The zero-order valence-corrected chi connectivity index (χ0v) is 17.4. The first-order valence-corrected chi connectivity index (χ1v) is 10.8. The van der Waals surface area contributed by atoms with E-state index in [1.807, 2.05) is 0 Å². The fourth-order valence-electron chi connectivity index (χ4n) is 4.51. The summed E-state index contributed by atoms with van der Waals surface area (Å²) in [6.07, 6.45) is 6.01. The summed E-state index contributed by atoms with van der Waals surface area (Å²) in [5, 5.41) is 7.82. The molecule has 0 aromatic carbocycles. The lowest BCUT2D eigenvalue weighted by atomic mass is 10.0. The SMILES string of the molecule is CC[C@@H]1CCCCN1CC(=O)NCc1cc2n(n1)CCCN(CC(C)C)C2. The summed E-state index contributed by atoms with van der Waals surface area (Å²) in [5.41, 5.74) is 2.26. The topological polar surface area (TPSA) is 53.4 Å². The van der Waals surface area contributed by atoms with E-state index in [1.54, 1.807) is 0 Å². The molecule has 1 atom stereocenters. The van der Waals surface area contributed by atoms with E-state index in [1.165, 1.54) is 25.0 Å². The predicted molar refractivity (Wildman–Crippen MR) is 108 cm³/mol. The van der Waals surface area contributed by atoms with Crippen LogP contribution in [0.3, 0.4) is 0 Å².